The first kappa shape index (κ1) is 27.1. The number of phenols is 4. The van der Waals surface area contributed by atoms with Crippen LogP contribution in [0.2, 0.25) is 0 Å². The highest BCUT2D eigenvalue weighted by Crippen LogP contribution is 2.69. The molecule has 0 radical (unpaired) electrons. The summed E-state index contributed by atoms with van der Waals surface area (Å²) >= 11 is 0. The number of hydrogen-bond donors (Lipinski definition) is 6. The number of carboxylic acids is 2. The van der Waals surface area contributed by atoms with Crippen LogP contribution in [0.15, 0.2) is 12.1 Å². The first-order chi connectivity index (χ1) is 19.6. The van der Waals surface area contributed by atoms with Crippen molar-refractivity contribution < 1.29 is 68.9 Å². The maximum atomic E-state index is 14.0. The molecule has 2 bridgehead atoms. The van der Waals surface area contributed by atoms with Gasteiger partial charge in [0, 0.05) is 29.5 Å². The molecule has 2 fully saturated rings. The van der Waals surface area contributed by atoms with Crippen LogP contribution in [0.25, 0.3) is 0 Å². The number of ether oxygens (including phenoxy) is 2. The summed E-state index contributed by atoms with van der Waals surface area (Å²) in [6, 6.07) is 1.69. The standard InChI is InChI=1S/C28H22O14/c1-7-17-23-9(20(33)14-12(42-23)3-10(30)21(34)15(14)25(37)38)5-27(24(36)19(7)32)6-41-13-4-11(31)22(35)16(26(39)40)18(13)28(17,27)8(2)29/h3-4,7,9,17,23,30-31,34-35H,5-6H2,1-2H3,(H,37,38)(H,39,40)/t7?,9?,17-,23?,27-,28-/m0/s1. The lowest BCUT2D eigenvalue weighted by atomic mass is 9.37. The van der Waals surface area contributed by atoms with Gasteiger partial charge in [0.1, 0.15) is 41.1 Å². The van der Waals surface area contributed by atoms with Crippen LogP contribution in [-0.4, -0.2) is 78.4 Å². The molecule has 6 atom stereocenters. The van der Waals surface area contributed by atoms with E-state index in [1.54, 1.807) is 0 Å². The Morgan fingerprint density at radius 3 is 2.02 bits per heavy atom. The third kappa shape index (κ3) is 2.83. The lowest BCUT2D eigenvalue weighted by Crippen LogP contribution is -2.77. The maximum absolute atomic E-state index is 14.0. The summed E-state index contributed by atoms with van der Waals surface area (Å²) in [5, 5.41) is 61.3. The number of ketones is 4. The number of phenolic OH excluding ortho intramolecular Hbond substituents is 2. The minimum atomic E-state index is -2.24. The summed E-state index contributed by atoms with van der Waals surface area (Å²) < 4.78 is 11.8. The lowest BCUT2D eigenvalue weighted by Gasteiger charge is -2.65. The molecule has 42 heavy (non-hydrogen) atoms. The topological polar surface area (TPSA) is 242 Å². The fourth-order valence-electron chi connectivity index (χ4n) is 7.86. The Kier molecular flexibility index (Phi) is 5.29. The van der Waals surface area contributed by atoms with Crippen LogP contribution < -0.4 is 9.47 Å². The van der Waals surface area contributed by atoms with Gasteiger partial charge >= 0.3 is 11.9 Å². The Morgan fingerprint density at radius 2 is 1.45 bits per heavy atom. The predicted molar refractivity (Wildman–Crippen MR) is 133 cm³/mol. The number of carbonyl (C=O) groups excluding carboxylic acids is 4. The smallest absolute Gasteiger partial charge is 0.340 e. The summed E-state index contributed by atoms with van der Waals surface area (Å²) in [5.41, 5.74) is -7.40. The number of aromatic hydroxyl groups is 4. The van der Waals surface area contributed by atoms with E-state index in [2.05, 4.69) is 0 Å². The molecule has 2 aromatic carbocycles. The van der Waals surface area contributed by atoms with Crippen molar-refractivity contribution in [2.45, 2.75) is 31.8 Å². The number of benzene rings is 2. The zero-order valence-electron chi connectivity index (χ0n) is 21.8. The highest BCUT2D eigenvalue weighted by Gasteiger charge is 2.79. The number of carbonyl (C=O) groups is 6. The number of Topliss-reactive ketones (excluding diaryl/α,β-unsaturated/α-hetero) is 4. The lowest BCUT2D eigenvalue weighted by molar-refractivity contribution is -0.187. The summed E-state index contributed by atoms with van der Waals surface area (Å²) in [5.74, 6) is -16.4. The van der Waals surface area contributed by atoms with Gasteiger partial charge in [0.15, 0.2) is 28.8 Å². The van der Waals surface area contributed by atoms with E-state index in [1.807, 2.05) is 0 Å². The number of aromatic carboxylic acids is 2. The van der Waals surface area contributed by atoms with E-state index < -0.39 is 134 Å². The number of rotatable bonds is 3. The van der Waals surface area contributed by atoms with E-state index in [0.29, 0.717) is 0 Å². The van der Waals surface area contributed by atoms with E-state index >= 15 is 0 Å². The fraction of sp³-hybridized carbons (Fsp3) is 0.357. The molecule has 3 unspecified atom stereocenters. The first-order valence-corrected chi connectivity index (χ1v) is 12.7. The van der Waals surface area contributed by atoms with Gasteiger partial charge in [0.2, 0.25) is 11.6 Å². The predicted octanol–water partition coefficient (Wildman–Crippen LogP) is 1.18. The fourth-order valence-corrected chi connectivity index (χ4v) is 7.86. The van der Waals surface area contributed by atoms with Crippen molar-refractivity contribution in [3.63, 3.8) is 0 Å². The third-order valence-electron chi connectivity index (χ3n) is 9.37. The molecule has 218 valence electrons. The summed E-state index contributed by atoms with van der Waals surface area (Å²) in [6.07, 6.45) is -2.09. The molecular weight excluding hydrogens is 560 g/mol. The molecule has 14 nitrogen and oxygen atoms in total. The van der Waals surface area contributed by atoms with Gasteiger partial charge in [-0.25, -0.2) is 9.59 Å². The van der Waals surface area contributed by atoms with Crippen LogP contribution in [0.1, 0.15) is 56.9 Å². The minimum absolute atomic E-state index is 0.343. The molecular formula is C28H22O14. The zero-order chi connectivity index (χ0) is 30.8. The minimum Gasteiger partial charge on any atom is -0.504 e. The second-order valence-corrected chi connectivity index (χ2v) is 11.1. The monoisotopic (exact) mass is 582 g/mol. The SMILES string of the molecule is CC(=O)[C@]12c3c(cc(O)c(O)c3C(=O)O)OC[C@]13CC1C(=O)c4c(cc(O)c(O)c4C(=O)O)OC1[C@@H]2C(C)C(=O)C3=O. The van der Waals surface area contributed by atoms with E-state index in [9.17, 15) is 59.4 Å². The molecule has 2 aliphatic carbocycles. The molecule has 6 rings (SSSR count). The van der Waals surface area contributed by atoms with E-state index in [1.165, 1.54) is 6.92 Å². The molecule has 2 heterocycles. The van der Waals surface area contributed by atoms with Gasteiger partial charge in [-0.2, -0.15) is 0 Å². The van der Waals surface area contributed by atoms with Gasteiger partial charge in [0.25, 0.3) is 0 Å². The van der Waals surface area contributed by atoms with Crippen molar-refractivity contribution >= 4 is 35.1 Å². The quantitative estimate of drug-likeness (QED) is 0.220. The normalized spacial score (nSPS) is 30.6. The molecule has 0 spiro atoms. The van der Waals surface area contributed by atoms with E-state index in [0.717, 1.165) is 19.1 Å². The third-order valence-corrected chi connectivity index (χ3v) is 9.37. The van der Waals surface area contributed by atoms with Gasteiger partial charge in [-0.1, -0.05) is 6.92 Å². The summed E-state index contributed by atoms with van der Waals surface area (Å²) in [6.45, 7) is 1.66. The Morgan fingerprint density at radius 1 is 0.881 bits per heavy atom. The van der Waals surface area contributed by atoms with Crippen LogP contribution in [0.4, 0.5) is 0 Å². The van der Waals surface area contributed by atoms with Crippen molar-refractivity contribution in [2.24, 2.45) is 23.2 Å². The molecule has 2 aliphatic heterocycles. The van der Waals surface area contributed by atoms with Crippen LogP contribution in [-0.2, 0) is 19.8 Å². The molecule has 0 aromatic heterocycles. The van der Waals surface area contributed by atoms with Crippen molar-refractivity contribution in [3.8, 4) is 34.5 Å². The summed E-state index contributed by atoms with van der Waals surface area (Å²) in [7, 11) is 0. The van der Waals surface area contributed by atoms with Crippen molar-refractivity contribution in [1.29, 1.82) is 0 Å². The van der Waals surface area contributed by atoms with Crippen molar-refractivity contribution in [2.75, 3.05) is 6.61 Å². The number of carboxylic acid groups (broad SMARTS) is 2. The van der Waals surface area contributed by atoms with Gasteiger partial charge in [-0.15, -0.1) is 0 Å². The first-order valence-electron chi connectivity index (χ1n) is 12.7. The Labute approximate surface area is 234 Å². The Hall–Kier alpha value is -5.14. The molecule has 0 amide bonds. The van der Waals surface area contributed by atoms with Crippen LogP contribution >= 0.6 is 0 Å². The van der Waals surface area contributed by atoms with E-state index in [-0.39, 0.29) is 5.75 Å². The number of hydrogen-bond acceptors (Lipinski definition) is 12. The van der Waals surface area contributed by atoms with Crippen molar-refractivity contribution in [1.82, 2.24) is 0 Å². The number of fused-ring (bicyclic) bond motifs is 4. The molecule has 2 saturated carbocycles. The molecule has 14 heteroatoms. The molecule has 2 aromatic rings. The Bertz CT molecular complexity index is 1720. The van der Waals surface area contributed by atoms with E-state index in [4.69, 9.17) is 9.47 Å². The average Bonchev–Trinajstić information content (AvgIpc) is 2.91. The van der Waals surface area contributed by atoms with Crippen LogP contribution in [0.3, 0.4) is 0 Å². The largest absolute Gasteiger partial charge is 0.504 e. The van der Waals surface area contributed by atoms with Crippen LogP contribution in [0, 0.1) is 23.2 Å². The second-order valence-electron chi connectivity index (χ2n) is 11.1. The van der Waals surface area contributed by atoms with Crippen molar-refractivity contribution in [3.05, 3.63) is 34.4 Å². The summed E-state index contributed by atoms with van der Waals surface area (Å²) in [4.78, 5) is 80.0. The highest BCUT2D eigenvalue weighted by molar-refractivity contribution is 6.42. The molecule has 4 aliphatic rings. The molecule has 0 saturated heterocycles. The average molecular weight is 582 g/mol. The van der Waals surface area contributed by atoms with Gasteiger partial charge in [-0.05, 0) is 13.3 Å². The zero-order valence-corrected chi connectivity index (χ0v) is 21.8. The maximum Gasteiger partial charge on any atom is 0.340 e. The van der Waals surface area contributed by atoms with Crippen LogP contribution in [0.5, 0.6) is 34.5 Å². The Balaban J connectivity index is 1.73. The second kappa shape index (κ2) is 8.21. The van der Waals surface area contributed by atoms with Gasteiger partial charge < -0.3 is 40.1 Å². The molecule has 6 N–H and O–H groups in total. The van der Waals surface area contributed by atoms with Gasteiger partial charge in [0.05, 0.1) is 22.3 Å². The van der Waals surface area contributed by atoms with Gasteiger partial charge in [-0.3, -0.25) is 19.2 Å². The highest BCUT2D eigenvalue weighted by atomic mass is 16.5.